The fraction of sp³-hybridized carbons (Fsp3) is 0.433. The fourth-order valence-corrected chi connectivity index (χ4v) is 6.08. The third-order valence-electron chi connectivity index (χ3n) is 8.68. The van der Waals surface area contributed by atoms with Gasteiger partial charge in [-0.3, -0.25) is 14.7 Å². The quantitative estimate of drug-likeness (QED) is 0.242. The topological polar surface area (TPSA) is 153 Å². The Labute approximate surface area is 249 Å². The molecule has 1 aromatic carbocycles. The zero-order valence-corrected chi connectivity index (χ0v) is 24.3. The Bertz CT molecular complexity index is 1590. The van der Waals surface area contributed by atoms with Crippen LogP contribution in [0.25, 0.3) is 22.4 Å². The molecule has 7 rings (SSSR count). The first-order chi connectivity index (χ1) is 21.0. The number of pyridine rings is 1. The van der Waals surface area contributed by atoms with Gasteiger partial charge in [-0.25, -0.2) is 15.0 Å². The molecule has 0 unspecified atom stereocenters. The molecule has 13 nitrogen and oxygen atoms in total. The Hall–Kier alpha value is -4.33. The Morgan fingerprint density at radius 1 is 0.953 bits per heavy atom. The van der Waals surface area contributed by atoms with Crippen molar-refractivity contribution in [3.63, 3.8) is 0 Å². The van der Waals surface area contributed by atoms with Crippen molar-refractivity contribution in [2.24, 2.45) is 5.73 Å². The van der Waals surface area contributed by atoms with Gasteiger partial charge in [-0.05, 0) is 50.2 Å². The Morgan fingerprint density at radius 3 is 2.42 bits per heavy atom. The largest absolute Gasteiger partial charge is 0.377 e. The molecule has 4 aromatic rings. The average Bonchev–Trinajstić information content (AvgIpc) is 3.49. The molecule has 0 bridgehead atoms. The van der Waals surface area contributed by atoms with Crippen molar-refractivity contribution < 1.29 is 9.53 Å². The van der Waals surface area contributed by atoms with E-state index in [1.165, 1.54) is 31.6 Å². The van der Waals surface area contributed by atoms with E-state index in [2.05, 4.69) is 64.4 Å². The second-order valence-corrected chi connectivity index (χ2v) is 11.5. The number of nitrogens with two attached hydrogens (primary N) is 1. The maximum atomic E-state index is 12.6. The highest BCUT2D eigenvalue weighted by molar-refractivity contribution is 5.99. The number of benzene rings is 1. The van der Waals surface area contributed by atoms with Crippen LogP contribution in [0.1, 0.15) is 23.3 Å². The molecule has 43 heavy (non-hydrogen) atoms. The van der Waals surface area contributed by atoms with Crippen molar-refractivity contribution in [3.8, 4) is 11.4 Å². The maximum Gasteiger partial charge on any atom is 0.271 e. The minimum atomic E-state index is -0.691. The molecular weight excluding hydrogens is 546 g/mol. The molecule has 0 spiro atoms. The predicted octanol–water partition coefficient (Wildman–Crippen LogP) is 2.28. The van der Waals surface area contributed by atoms with Crippen molar-refractivity contribution in [3.05, 3.63) is 48.5 Å². The van der Waals surface area contributed by atoms with Crippen LogP contribution in [0.3, 0.4) is 0 Å². The third kappa shape index (κ3) is 5.70. The normalized spacial score (nSPS) is 19.0. The number of piperazine rings is 1. The molecule has 3 aliphatic rings. The number of ether oxygens (including phenoxy) is 1. The van der Waals surface area contributed by atoms with Crippen LogP contribution >= 0.6 is 0 Å². The zero-order chi connectivity index (χ0) is 29.3. The van der Waals surface area contributed by atoms with E-state index in [1.54, 1.807) is 12.5 Å². The molecular formula is C30H37N11O2. The van der Waals surface area contributed by atoms with Gasteiger partial charge in [0.05, 0.1) is 31.1 Å². The lowest BCUT2D eigenvalue weighted by molar-refractivity contribution is 0.0209. The SMILES string of the molecule is CN1CCN(C2CCN(c3ccc(Nc4nc(NC5COC5)c(-c5nccc6[nH]cnc56)nc4C(N)=O)cc3)CC2)CC1. The summed E-state index contributed by atoms with van der Waals surface area (Å²) in [6.45, 7) is 7.83. The first-order valence-corrected chi connectivity index (χ1v) is 14.9. The van der Waals surface area contributed by atoms with Crippen LogP contribution in [0.5, 0.6) is 0 Å². The summed E-state index contributed by atoms with van der Waals surface area (Å²) in [6.07, 6.45) is 5.62. The van der Waals surface area contributed by atoms with Crippen LogP contribution in [-0.4, -0.2) is 112 Å². The van der Waals surface area contributed by atoms with Crippen molar-refractivity contribution in [1.82, 2.24) is 34.7 Å². The number of rotatable bonds is 8. The van der Waals surface area contributed by atoms with Crippen molar-refractivity contribution in [1.29, 1.82) is 0 Å². The van der Waals surface area contributed by atoms with Crippen LogP contribution in [0, 0.1) is 0 Å². The van der Waals surface area contributed by atoms with Crippen LogP contribution < -0.4 is 21.3 Å². The number of aromatic amines is 1. The van der Waals surface area contributed by atoms with E-state index in [1.807, 2.05) is 18.2 Å². The lowest BCUT2D eigenvalue weighted by Gasteiger charge is -2.42. The van der Waals surface area contributed by atoms with E-state index in [0.717, 1.165) is 37.4 Å². The van der Waals surface area contributed by atoms with Crippen molar-refractivity contribution in [2.75, 3.05) is 75.1 Å². The fourth-order valence-electron chi connectivity index (χ4n) is 6.08. The van der Waals surface area contributed by atoms with Gasteiger partial charge >= 0.3 is 0 Å². The number of piperidine rings is 1. The minimum absolute atomic E-state index is 0.0230. The molecule has 3 aliphatic heterocycles. The lowest BCUT2D eigenvalue weighted by atomic mass is 10.0. The van der Waals surface area contributed by atoms with E-state index in [0.29, 0.717) is 42.0 Å². The van der Waals surface area contributed by atoms with Gasteiger partial charge in [-0.15, -0.1) is 0 Å². The number of H-pyrrole nitrogens is 1. The molecule has 0 saturated carbocycles. The number of fused-ring (bicyclic) bond motifs is 1. The summed E-state index contributed by atoms with van der Waals surface area (Å²) in [6, 6.07) is 10.8. The van der Waals surface area contributed by atoms with Crippen LogP contribution in [0.15, 0.2) is 42.9 Å². The van der Waals surface area contributed by atoms with Gasteiger partial charge in [-0.2, -0.15) is 0 Å². The first-order valence-electron chi connectivity index (χ1n) is 14.9. The Kier molecular flexibility index (Phi) is 7.51. The summed E-state index contributed by atoms with van der Waals surface area (Å²) in [5.74, 6) is 0.0569. The van der Waals surface area contributed by atoms with E-state index in [9.17, 15) is 4.79 Å². The molecule has 0 radical (unpaired) electrons. The van der Waals surface area contributed by atoms with Gasteiger partial charge in [0, 0.05) is 62.9 Å². The number of carbonyl (C=O) groups excluding carboxylic acids is 1. The molecule has 3 saturated heterocycles. The lowest BCUT2D eigenvalue weighted by Crippen LogP contribution is -2.52. The second-order valence-electron chi connectivity index (χ2n) is 11.5. The van der Waals surface area contributed by atoms with Gasteiger partial charge in [0.25, 0.3) is 5.91 Å². The number of carbonyl (C=O) groups is 1. The highest BCUT2D eigenvalue weighted by Crippen LogP contribution is 2.33. The second kappa shape index (κ2) is 11.7. The van der Waals surface area contributed by atoms with Crippen molar-refractivity contribution in [2.45, 2.75) is 24.9 Å². The van der Waals surface area contributed by atoms with E-state index >= 15 is 0 Å². The number of nitrogens with zero attached hydrogens (tertiary/aromatic N) is 7. The Balaban J connectivity index is 1.11. The molecule has 3 fully saturated rings. The highest BCUT2D eigenvalue weighted by atomic mass is 16.5. The number of hydrogen-bond acceptors (Lipinski definition) is 11. The summed E-state index contributed by atoms with van der Waals surface area (Å²) in [4.78, 5) is 41.7. The minimum Gasteiger partial charge on any atom is -0.377 e. The van der Waals surface area contributed by atoms with Crippen LogP contribution in [0.2, 0.25) is 0 Å². The summed E-state index contributed by atoms with van der Waals surface area (Å²) < 4.78 is 5.36. The van der Waals surface area contributed by atoms with Crippen molar-refractivity contribution >= 4 is 40.0 Å². The highest BCUT2D eigenvalue weighted by Gasteiger charge is 2.28. The van der Waals surface area contributed by atoms with Gasteiger partial charge in [0.2, 0.25) is 0 Å². The summed E-state index contributed by atoms with van der Waals surface area (Å²) >= 11 is 0. The van der Waals surface area contributed by atoms with Gasteiger partial charge < -0.3 is 35.9 Å². The standard InChI is InChI=1S/C30H37N11O2/c1-39-12-14-41(15-13-39)22-7-10-40(11-8-22)21-4-2-19(3-5-21)35-30-27(28(31)42)37-26(29(38-30)36-20-16-43-17-20)25-24-23(6-9-32-25)33-18-34-24/h2-6,9,18,20,22H,7-8,10-17H2,1H3,(H2,31,42)(H,33,34)(H2,35,36,38). The molecule has 13 heteroatoms. The van der Waals surface area contributed by atoms with Crippen LogP contribution in [0.4, 0.5) is 23.0 Å². The van der Waals surface area contributed by atoms with E-state index in [4.69, 9.17) is 15.5 Å². The summed E-state index contributed by atoms with van der Waals surface area (Å²) in [5, 5.41) is 6.68. The number of anilines is 4. The van der Waals surface area contributed by atoms with E-state index in [-0.39, 0.29) is 17.6 Å². The molecule has 1 amide bonds. The number of primary amides is 1. The number of imidazole rings is 1. The van der Waals surface area contributed by atoms with Gasteiger partial charge in [0.1, 0.15) is 16.9 Å². The molecule has 0 aliphatic carbocycles. The average molecular weight is 584 g/mol. The molecule has 5 N–H and O–H groups in total. The maximum absolute atomic E-state index is 12.6. The molecule has 3 aromatic heterocycles. The van der Waals surface area contributed by atoms with Gasteiger partial charge in [-0.1, -0.05) is 0 Å². The Morgan fingerprint density at radius 2 is 1.72 bits per heavy atom. The number of nitrogens with one attached hydrogen (secondary N) is 3. The summed E-state index contributed by atoms with van der Waals surface area (Å²) in [7, 11) is 2.20. The zero-order valence-electron chi connectivity index (χ0n) is 24.3. The molecule has 0 atom stereocenters. The number of aromatic nitrogens is 5. The smallest absolute Gasteiger partial charge is 0.271 e. The monoisotopic (exact) mass is 583 g/mol. The number of hydrogen-bond donors (Lipinski definition) is 4. The number of amides is 1. The number of likely N-dealkylation sites (N-methyl/N-ethyl adjacent to an activating group) is 1. The van der Waals surface area contributed by atoms with Gasteiger partial charge in [0.15, 0.2) is 17.3 Å². The molecule has 6 heterocycles. The van der Waals surface area contributed by atoms with E-state index < -0.39 is 5.91 Å². The van der Waals surface area contributed by atoms with Crippen LogP contribution in [-0.2, 0) is 4.74 Å². The third-order valence-corrected chi connectivity index (χ3v) is 8.68. The predicted molar refractivity (Wildman–Crippen MR) is 166 cm³/mol. The summed E-state index contributed by atoms with van der Waals surface area (Å²) in [5.41, 5.74) is 10.1. The molecule has 224 valence electrons. The first kappa shape index (κ1) is 27.5.